The van der Waals surface area contributed by atoms with Crippen LogP contribution in [0.2, 0.25) is 0 Å². The molecule has 1 amide bonds. The summed E-state index contributed by atoms with van der Waals surface area (Å²) in [5.74, 6) is -0.976. The van der Waals surface area contributed by atoms with Gasteiger partial charge in [0.15, 0.2) is 0 Å². The number of carboxylic acid groups (broad SMARTS) is 1. The third kappa shape index (κ3) is 4.12. The summed E-state index contributed by atoms with van der Waals surface area (Å²) in [5, 5.41) is 9.36. The molecule has 2 aliphatic rings. The van der Waals surface area contributed by atoms with Crippen molar-refractivity contribution in [3.63, 3.8) is 0 Å². The Labute approximate surface area is 143 Å². The van der Waals surface area contributed by atoms with Crippen LogP contribution in [0.25, 0.3) is 0 Å². The number of benzene rings is 1. The molecule has 5 nitrogen and oxygen atoms in total. The molecule has 0 spiro atoms. The molecule has 8 heteroatoms. The number of hydrogen-bond acceptors (Lipinski definition) is 3. The summed E-state index contributed by atoms with van der Waals surface area (Å²) in [7, 11) is 0. The zero-order chi connectivity index (χ0) is 18.2. The van der Waals surface area contributed by atoms with Crippen LogP contribution in [0.4, 0.5) is 13.2 Å². The second kappa shape index (κ2) is 6.67. The number of amides is 1. The number of aliphatic carboxylic acids is 1. The van der Waals surface area contributed by atoms with Crippen molar-refractivity contribution in [2.24, 2.45) is 5.92 Å². The van der Waals surface area contributed by atoms with E-state index in [1.54, 1.807) is 9.80 Å². The number of carbonyl (C=O) groups is 2. The average Bonchev–Trinajstić information content (AvgIpc) is 3.34. The quantitative estimate of drug-likeness (QED) is 0.879. The molecule has 0 radical (unpaired) electrons. The first kappa shape index (κ1) is 17.7. The first-order valence-corrected chi connectivity index (χ1v) is 8.16. The predicted octanol–water partition coefficient (Wildman–Crippen LogP) is 2.21. The lowest BCUT2D eigenvalue weighted by molar-refractivity contribution is -0.148. The zero-order valence-electron chi connectivity index (χ0n) is 13.5. The normalized spacial score (nSPS) is 20.6. The van der Waals surface area contributed by atoms with Gasteiger partial charge in [0.05, 0.1) is 12.1 Å². The topological polar surface area (TPSA) is 60.9 Å². The van der Waals surface area contributed by atoms with Gasteiger partial charge >= 0.3 is 12.1 Å². The van der Waals surface area contributed by atoms with Gasteiger partial charge in [0.1, 0.15) is 6.04 Å². The van der Waals surface area contributed by atoms with Crippen LogP contribution >= 0.6 is 0 Å². The van der Waals surface area contributed by atoms with Crippen molar-refractivity contribution in [3.05, 3.63) is 35.4 Å². The minimum absolute atomic E-state index is 0.0358. The third-order valence-corrected chi connectivity index (χ3v) is 4.72. The number of alkyl halides is 3. The molecule has 1 atom stereocenters. The maximum absolute atomic E-state index is 12.6. The molecule has 1 aromatic rings. The summed E-state index contributed by atoms with van der Waals surface area (Å²) in [4.78, 5) is 27.0. The standard InChI is InChI=1S/C17H19F3N2O3/c18-17(19,20)13-5-1-11(2-6-13)9-21-7-8-22(10-14(21)23)15(16(24)25)12-3-4-12/h1-2,5-6,12,15H,3-4,7-10H2,(H,24,25). The summed E-state index contributed by atoms with van der Waals surface area (Å²) in [6.07, 6.45) is -2.64. The van der Waals surface area contributed by atoms with Crippen LogP contribution in [0.3, 0.4) is 0 Å². The molecular weight excluding hydrogens is 337 g/mol. The Morgan fingerprint density at radius 2 is 1.84 bits per heavy atom. The van der Waals surface area contributed by atoms with Crippen molar-refractivity contribution >= 4 is 11.9 Å². The van der Waals surface area contributed by atoms with Crippen molar-refractivity contribution in [1.29, 1.82) is 0 Å². The highest BCUT2D eigenvalue weighted by molar-refractivity contribution is 5.81. The van der Waals surface area contributed by atoms with Crippen molar-refractivity contribution < 1.29 is 27.9 Å². The molecule has 1 heterocycles. The molecule has 1 aromatic carbocycles. The van der Waals surface area contributed by atoms with E-state index in [0.717, 1.165) is 25.0 Å². The number of carboxylic acids is 1. The fraction of sp³-hybridized carbons (Fsp3) is 0.529. The lowest BCUT2D eigenvalue weighted by Gasteiger charge is -2.37. The van der Waals surface area contributed by atoms with Crippen LogP contribution in [0.5, 0.6) is 0 Å². The number of rotatable bonds is 5. The molecule has 3 rings (SSSR count). The first-order chi connectivity index (χ1) is 11.8. The highest BCUT2D eigenvalue weighted by atomic mass is 19.4. The van der Waals surface area contributed by atoms with Gasteiger partial charge in [-0.25, -0.2) is 0 Å². The van der Waals surface area contributed by atoms with E-state index < -0.39 is 23.8 Å². The zero-order valence-corrected chi connectivity index (χ0v) is 13.5. The van der Waals surface area contributed by atoms with Crippen LogP contribution in [0.15, 0.2) is 24.3 Å². The Bertz CT molecular complexity index is 656. The molecule has 2 fully saturated rings. The molecule has 0 bridgehead atoms. The Hall–Kier alpha value is -2.09. The van der Waals surface area contributed by atoms with E-state index in [2.05, 4.69) is 0 Å². The van der Waals surface area contributed by atoms with Crippen molar-refractivity contribution in [1.82, 2.24) is 9.80 Å². The van der Waals surface area contributed by atoms with Crippen molar-refractivity contribution in [2.45, 2.75) is 31.6 Å². The molecule has 1 N–H and O–H groups in total. The summed E-state index contributed by atoms with van der Waals surface area (Å²) in [5.41, 5.74) is -0.104. The lowest BCUT2D eigenvalue weighted by atomic mass is 10.1. The molecule has 1 aliphatic heterocycles. The molecule has 0 aromatic heterocycles. The van der Waals surface area contributed by atoms with Crippen LogP contribution in [-0.2, 0) is 22.3 Å². The number of halogens is 3. The van der Waals surface area contributed by atoms with Gasteiger partial charge in [0.2, 0.25) is 5.91 Å². The molecule has 1 aliphatic carbocycles. The second-order valence-corrected chi connectivity index (χ2v) is 6.60. The van der Waals surface area contributed by atoms with E-state index in [1.807, 2.05) is 0 Å². The first-order valence-electron chi connectivity index (χ1n) is 8.16. The third-order valence-electron chi connectivity index (χ3n) is 4.72. The van der Waals surface area contributed by atoms with E-state index in [9.17, 15) is 27.9 Å². The van der Waals surface area contributed by atoms with Crippen molar-refractivity contribution in [2.75, 3.05) is 19.6 Å². The molecule has 136 valence electrons. The molecule has 25 heavy (non-hydrogen) atoms. The van der Waals surface area contributed by atoms with Crippen LogP contribution in [-0.4, -0.2) is 52.5 Å². The van der Waals surface area contributed by atoms with Gasteiger partial charge in [-0.2, -0.15) is 13.2 Å². The summed E-state index contributed by atoms with van der Waals surface area (Å²) >= 11 is 0. The van der Waals surface area contributed by atoms with E-state index in [4.69, 9.17) is 0 Å². The number of piperazine rings is 1. The van der Waals surface area contributed by atoms with E-state index in [-0.39, 0.29) is 24.9 Å². The number of carbonyl (C=O) groups excluding carboxylic acids is 1. The van der Waals surface area contributed by atoms with Crippen LogP contribution in [0, 0.1) is 5.92 Å². The lowest BCUT2D eigenvalue weighted by Crippen LogP contribution is -2.55. The predicted molar refractivity (Wildman–Crippen MR) is 82.6 cm³/mol. The highest BCUT2D eigenvalue weighted by Gasteiger charge is 2.42. The van der Waals surface area contributed by atoms with Crippen LogP contribution < -0.4 is 0 Å². The van der Waals surface area contributed by atoms with Gasteiger partial charge < -0.3 is 10.0 Å². The number of hydrogen-bond donors (Lipinski definition) is 1. The Morgan fingerprint density at radius 1 is 1.20 bits per heavy atom. The van der Waals surface area contributed by atoms with Gasteiger partial charge in [-0.3, -0.25) is 14.5 Å². The summed E-state index contributed by atoms with van der Waals surface area (Å²) in [6, 6.07) is 4.13. The van der Waals surface area contributed by atoms with Crippen LogP contribution in [0.1, 0.15) is 24.0 Å². The summed E-state index contributed by atoms with van der Waals surface area (Å²) < 4.78 is 37.7. The van der Waals surface area contributed by atoms with E-state index in [0.29, 0.717) is 18.7 Å². The van der Waals surface area contributed by atoms with Gasteiger partial charge in [0, 0.05) is 19.6 Å². The van der Waals surface area contributed by atoms with E-state index >= 15 is 0 Å². The molecular formula is C17H19F3N2O3. The Morgan fingerprint density at radius 3 is 2.32 bits per heavy atom. The minimum atomic E-state index is -4.38. The number of nitrogens with zero attached hydrogens (tertiary/aromatic N) is 2. The van der Waals surface area contributed by atoms with Gasteiger partial charge in [-0.15, -0.1) is 0 Å². The summed E-state index contributed by atoms with van der Waals surface area (Å²) in [6.45, 7) is 1.09. The highest BCUT2D eigenvalue weighted by Crippen LogP contribution is 2.36. The van der Waals surface area contributed by atoms with E-state index in [1.165, 1.54) is 12.1 Å². The Kier molecular flexibility index (Phi) is 4.73. The SMILES string of the molecule is O=C(O)C(C1CC1)N1CCN(Cc2ccc(C(F)(F)F)cc2)C(=O)C1. The second-order valence-electron chi connectivity index (χ2n) is 6.60. The van der Waals surface area contributed by atoms with Gasteiger partial charge in [-0.1, -0.05) is 12.1 Å². The monoisotopic (exact) mass is 356 g/mol. The Balaban J connectivity index is 1.60. The fourth-order valence-electron chi connectivity index (χ4n) is 3.22. The smallest absolute Gasteiger partial charge is 0.416 e. The van der Waals surface area contributed by atoms with Crippen molar-refractivity contribution in [3.8, 4) is 0 Å². The minimum Gasteiger partial charge on any atom is -0.480 e. The molecule has 1 saturated heterocycles. The van der Waals surface area contributed by atoms with Gasteiger partial charge in [-0.05, 0) is 36.5 Å². The van der Waals surface area contributed by atoms with Gasteiger partial charge in [0.25, 0.3) is 0 Å². The molecule has 1 unspecified atom stereocenters. The maximum Gasteiger partial charge on any atom is 0.416 e. The molecule has 1 saturated carbocycles. The largest absolute Gasteiger partial charge is 0.480 e. The maximum atomic E-state index is 12.6. The average molecular weight is 356 g/mol. The fourth-order valence-corrected chi connectivity index (χ4v) is 3.22.